The van der Waals surface area contributed by atoms with Crippen LogP contribution in [0.25, 0.3) is 0 Å². The van der Waals surface area contributed by atoms with Crippen LogP contribution in [0.4, 0.5) is 0 Å². The van der Waals surface area contributed by atoms with Crippen LogP contribution in [0.5, 0.6) is 11.5 Å². The van der Waals surface area contributed by atoms with Crippen molar-refractivity contribution < 1.29 is 35.4 Å². The zero-order valence-electron chi connectivity index (χ0n) is 9.37. The number of furan rings is 2. The molecule has 107 valence electrons. The van der Waals surface area contributed by atoms with Crippen LogP contribution in [-0.4, -0.2) is 10.3 Å². The normalized spacial score (nSPS) is 8.42. The summed E-state index contributed by atoms with van der Waals surface area (Å²) in [7, 11) is 0. The van der Waals surface area contributed by atoms with Gasteiger partial charge in [0.25, 0.3) is 10.3 Å². The summed E-state index contributed by atoms with van der Waals surface area (Å²) < 4.78 is 18.9. The van der Waals surface area contributed by atoms with E-state index in [0.717, 1.165) is 0 Å². The number of rotatable bonds is 2. The van der Waals surface area contributed by atoms with Crippen molar-refractivity contribution in [2.75, 3.05) is 0 Å². The van der Waals surface area contributed by atoms with Crippen molar-refractivity contribution in [2.45, 2.75) is 0 Å². The Kier molecular flexibility index (Phi) is 8.64. The summed E-state index contributed by atoms with van der Waals surface area (Å²) in [5, 5.41) is -0.00667. The Morgan fingerprint density at radius 1 is 0.895 bits per heavy atom. The van der Waals surface area contributed by atoms with E-state index in [1.807, 2.05) is 0 Å². The first kappa shape index (κ1) is 17.5. The Bertz CT molecular complexity index is 441. The summed E-state index contributed by atoms with van der Waals surface area (Å²) in [4.78, 5) is 0. The van der Waals surface area contributed by atoms with Gasteiger partial charge in [-0.1, -0.05) is 0 Å². The summed E-state index contributed by atoms with van der Waals surface area (Å²) in [6.07, 6.45) is 5.79. The predicted molar refractivity (Wildman–Crippen MR) is 72.2 cm³/mol. The molecule has 1 radical (unpaired) electrons. The fraction of sp³-hybridized carbons (Fsp3) is 0. The average Bonchev–Trinajstić information content (AvgIpc) is 2.90. The van der Waals surface area contributed by atoms with Gasteiger partial charge in [-0.3, -0.25) is 0 Å². The SMILES string of the molecule is NC(=S)Oc1ccoc1.NC(=S)Oc1ccoc1.[Cu]. The van der Waals surface area contributed by atoms with E-state index in [2.05, 4.69) is 33.3 Å². The van der Waals surface area contributed by atoms with Gasteiger partial charge in [0.2, 0.25) is 0 Å². The van der Waals surface area contributed by atoms with Gasteiger partial charge in [0.05, 0.1) is 12.5 Å². The molecule has 0 aliphatic rings. The molecule has 0 aromatic carbocycles. The van der Waals surface area contributed by atoms with Gasteiger partial charge in [-0.25, -0.2) is 0 Å². The molecule has 0 amide bonds. The van der Waals surface area contributed by atoms with Crippen LogP contribution in [0.2, 0.25) is 0 Å². The van der Waals surface area contributed by atoms with Gasteiger partial charge in [-0.2, -0.15) is 0 Å². The van der Waals surface area contributed by atoms with Gasteiger partial charge < -0.3 is 29.8 Å². The minimum absolute atomic E-state index is 0. The number of thiocarbonyl (C=S) groups is 2. The summed E-state index contributed by atoms with van der Waals surface area (Å²) in [5.74, 6) is 1.06. The van der Waals surface area contributed by atoms with Crippen LogP contribution in [0.15, 0.2) is 46.0 Å². The second-order valence-electron chi connectivity index (χ2n) is 2.76. The third-order valence-corrected chi connectivity index (χ3v) is 1.59. The topological polar surface area (TPSA) is 96.8 Å². The summed E-state index contributed by atoms with van der Waals surface area (Å²) in [5.41, 5.74) is 10.1. The van der Waals surface area contributed by atoms with Crippen molar-refractivity contribution >= 4 is 34.8 Å². The maximum atomic E-state index is 5.05. The molecule has 0 fully saturated rings. The maximum Gasteiger partial charge on any atom is 0.259 e. The first-order valence-electron chi connectivity index (χ1n) is 4.57. The molecule has 0 unspecified atom stereocenters. The van der Waals surface area contributed by atoms with Crippen molar-refractivity contribution in [2.24, 2.45) is 11.5 Å². The summed E-state index contributed by atoms with van der Waals surface area (Å²) >= 11 is 8.91. The molecule has 2 aromatic rings. The van der Waals surface area contributed by atoms with Crippen molar-refractivity contribution in [3.63, 3.8) is 0 Å². The number of hydrogen-bond acceptors (Lipinski definition) is 6. The second kappa shape index (κ2) is 9.40. The molecule has 2 rings (SSSR count). The van der Waals surface area contributed by atoms with Gasteiger partial charge in [0, 0.05) is 29.2 Å². The van der Waals surface area contributed by atoms with Crippen LogP contribution in [-0.2, 0) is 17.1 Å². The minimum atomic E-state index is -0.00333. The largest absolute Gasteiger partial charge is 0.469 e. The van der Waals surface area contributed by atoms with E-state index in [-0.39, 0.29) is 27.4 Å². The zero-order valence-corrected chi connectivity index (χ0v) is 11.9. The van der Waals surface area contributed by atoms with Crippen molar-refractivity contribution in [1.82, 2.24) is 0 Å². The Balaban J connectivity index is 0.000000324. The van der Waals surface area contributed by atoms with Crippen LogP contribution in [0.1, 0.15) is 0 Å². The molecule has 0 aliphatic heterocycles. The van der Waals surface area contributed by atoms with Gasteiger partial charge in [-0.05, 0) is 24.4 Å². The standard InChI is InChI=1S/2C5H5NO2S.Cu/c2*6-5(9)8-4-1-2-7-3-4;/h2*1-3H,(H2,6,9);. The third-order valence-electron chi connectivity index (χ3n) is 1.43. The smallest absolute Gasteiger partial charge is 0.259 e. The van der Waals surface area contributed by atoms with Crippen LogP contribution < -0.4 is 20.9 Å². The van der Waals surface area contributed by atoms with Gasteiger partial charge in [0.1, 0.15) is 12.5 Å². The molecule has 6 nitrogen and oxygen atoms in total. The molecule has 2 heterocycles. The molecule has 2 aromatic heterocycles. The van der Waals surface area contributed by atoms with Gasteiger partial charge in [0.15, 0.2) is 11.5 Å². The van der Waals surface area contributed by atoms with E-state index in [4.69, 9.17) is 20.9 Å². The van der Waals surface area contributed by atoms with Crippen LogP contribution in [0, 0.1) is 0 Å². The Morgan fingerprint density at radius 3 is 1.47 bits per heavy atom. The van der Waals surface area contributed by atoms with Crippen LogP contribution >= 0.6 is 24.4 Å². The minimum Gasteiger partial charge on any atom is -0.469 e. The van der Waals surface area contributed by atoms with E-state index >= 15 is 0 Å². The van der Waals surface area contributed by atoms with Crippen molar-refractivity contribution in [3.05, 3.63) is 37.2 Å². The number of ether oxygens (including phenoxy) is 2. The Morgan fingerprint density at radius 2 is 1.26 bits per heavy atom. The molecule has 0 saturated carbocycles. The summed E-state index contributed by atoms with van der Waals surface area (Å²) in [6.45, 7) is 0. The van der Waals surface area contributed by atoms with E-state index in [9.17, 15) is 0 Å². The quantitative estimate of drug-likeness (QED) is 0.625. The van der Waals surface area contributed by atoms with Crippen molar-refractivity contribution in [1.29, 1.82) is 0 Å². The van der Waals surface area contributed by atoms with Crippen molar-refractivity contribution in [3.8, 4) is 11.5 Å². The fourth-order valence-corrected chi connectivity index (χ4v) is 1.04. The second-order valence-corrected chi connectivity index (χ2v) is 3.57. The maximum absolute atomic E-state index is 5.05. The molecule has 4 N–H and O–H groups in total. The zero-order chi connectivity index (χ0) is 13.4. The fourth-order valence-electron chi connectivity index (χ4n) is 0.852. The molecular weight excluding hydrogens is 340 g/mol. The molecule has 0 atom stereocenters. The molecule has 0 saturated heterocycles. The molecular formula is C10H10CuN2O4S2. The van der Waals surface area contributed by atoms with E-state index in [1.165, 1.54) is 25.1 Å². The van der Waals surface area contributed by atoms with E-state index in [1.54, 1.807) is 12.1 Å². The summed E-state index contributed by atoms with van der Waals surface area (Å²) in [6, 6.07) is 3.25. The number of nitrogens with two attached hydrogens (primary N) is 2. The average molecular weight is 350 g/mol. The number of hydrogen-bond donors (Lipinski definition) is 2. The first-order chi connectivity index (χ1) is 8.58. The Hall–Kier alpha value is -1.54. The molecule has 19 heavy (non-hydrogen) atoms. The predicted octanol–water partition coefficient (Wildman–Crippen LogP) is 1.80. The Labute approximate surface area is 130 Å². The van der Waals surface area contributed by atoms with Gasteiger partial charge in [-0.15, -0.1) is 0 Å². The van der Waals surface area contributed by atoms with E-state index < -0.39 is 0 Å². The third kappa shape index (κ3) is 8.22. The molecule has 0 spiro atoms. The van der Waals surface area contributed by atoms with Crippen LogP contribution in [0.3, 0.4) is 0 Å². The van der Waals surface area contributed by atoms with Gasteiger partial charge >= 0.3 is 0 Å². The van der Waals surface area contributed by atoms with E-state index in [0.29, 0.717) is 11.5 Å². The first-order valence-corrected chi connectivity index (χ1v) is 5.38. The molecule has 0 bridgehead atoms. The molecule has 0 aliphatic carbocycles. The monoisotopic (exact) mass is 349 g/mol. The molecule has 9 heteroatoms.